The van der Waals surface area contributed by atoms with Gasteiger partial charge in [-0.2, -0.15) is 0 Å². The van der Waals surface area contributed by atoms with Gasteiger partial charge in [0.05, 0.1) is 10.5 Å². The van der Waals surface area contributed by atoms with Gasteiger partial charge in [-0.1, -0.05) is 18.2 Å². The van der Waals surface area contributed by atoms with E-state index in [4.69, 9.17) is 5.11 Å². The summed E-state index contributed by atoms with van der Waals surface area (Å²) in [5.41, 5.74) is 1.52. The SMILES string of the molecule is Cc1cc(C(=O)O)cc(S(=O)(=O)Nc2ccccc2)c1C. The highest BCUT2D eigenvalue weighted by Gasteiger charge is 2.20. The molecule has 21 heavy (non-hydrogen) atoms. The quantitative estimate of drug-likeness (QED) is 0.909. The third kappa shape index (κ3) is 3.22. The maximum atomic E-state index is 12.4. The van der Waals surface area contributed by atoms with Gasteiger partial charge < -0.3 is 5.11 Å². The minimum atomic E-state index is -3.84. The normalized spacial score (nSPS) is 11.1. The monoisotopic (exact) mass is 305 g/mol. The lowest BCUT2D eigenvalue weighted by Crippen LogP contribution is -2.16. The van der Waals surface area contributed by atoms with Crippen molar-refractivity contribution in [1.29, 1.82) is 0 Å². The molecule has 0 atom stereocenters. The van der Waals surface area contributed by atoms with Crippen molar-refractivity contribution in [3.8, 4) is 0 Å². The summed E-state index contributed by atoms with van der Waals surface area (Å²) in [5.74, 6) is -1.16. The molecule has 0 amide bonds. The number of para-hydroxylation sites is 1. The highest BCUT2D eigenvalue weighted by molar-refractivity contribution is 7.92. The van der Waals surface area contributed by atoms with Crippen molar-refractivity contribution in [2.75, 3.05) is 4.72 Å². The summed E-state index contributed by atoms with van der Waals surface area (Å²) in [7, 11) is -3.84. The van der Waals surface area contributed by atoms with Crippen LogP contribution in [0.25, 0.3) is 0 Å². The number of hydrogen-bond acceptors (Lipinski definition) is 3. The fraction of sp³-hybridized carbons (Fsp3) is 0.133. The number of hydrogen-bond donors (Lipinski definition) is 2. The first-order valence-electron chi connectivity index (χ1n) is 6.23. The fourth-order valence-electron chi connectivity index (χ4n) is 1.95. The number of aryl methyl sites for hydroxylation is 1. The molecule has 110 valence electrons. The molecule has 0 unspecified atom stereocenters. The van der Waals surface area contributed by atoms with Gasteiger partial charge in [0.2, 0.25) is 0 Å². The summed E-state index contributed by atoms with van der Waals surface area (Å²) in [6.45, 7) is 3.34. The summed E-state index contributed by atoms with van der Waals surface area (Å²) in [4.78, 5) is 11.1. The third-order valence-electron chi connectivity index (χ3n) is 3.18. The van der Waals surface area contributed by atoms with Gasteiger partial charge in [0, 0.05) is 5.69 Å². The number of nitrogens with one attached hydrogen (secondary N) is 1. The first kappa shape index (κ1) is 15.1. The van der Waals surface area contributed by atoms with Crippen LogP contribution in [0, 0.1) is 13.8 Å². The second kappa shape index (κ2) is 5.57. The zero-order valence-electron chi connectivity index (χ0n) is 11.6. The molecule has 0 spiro atoms. The second-order valence-corrected chi connectivity index (χ2v) is 6.34. The van der Waals surface area contributed by atoms with Crippen LogP contribution >= 0.6 is 0 Å². The van der Waals surface area contributed by atoms with Gasteiger partial charge in [0.1, 0.15) is 0 Å². The zero-order chi connectivity index (χ0) is 15.6. The van der Waals surface area contributed by atoms with Crippen molar-refractivity contribution in [2.24, 2.45) is 0 Å². The predicted octanol–water partition coefficient (Wildman–Crippen LogP) is 2.80. The van der Waals surface area contributed by atoms with Gasteiger partial charge in [-0.15, -0.1) is 0 Å². The number of carboxylic acid groups (broad SMARTS) is 1. The number of rotatable bonds is 4. The maximum Gasteiger partial charge on any atom is 0.335 e. The van der Waals surface area contributed by atoms with E-state index in [2.05, 4.69) is 4.72 Å². The molecule has 2 aromatic carbocycles. The highest BCUT2D eigenvalue weighted by Crippen LogP contribution is 2.23. The lowest BCUT2D eigenvalue weighted by molar-refractivity contribution is 0.0696. The summed E-state index contributed by atoms with van der Waals surface area (Å²) >= 11 is 0. The van der Waals surface area contributed by atoms with Crippen LogP contribution in [0.15, 0.2) is 47.4 Å². The van der Waals surface area contributed by atoms with Gasteiger partial charge in [0.25, 0.3) is 10.0 Å². The highest BCUT2D eigenvalue weighted by atomic mass is 32.2. The summed E-state index contributed by atoms with van der Waals surface area (Å²) in [5, 5.41) is 9.06. The predicted molar refractivity (Wildman–Crippen MR) is 80.1 cm³/mol. The van der Waals surface area contributed by atoms with Crippen LogP contribution in [0.3, 0.4) is 0 Å². The molecule has 0 aliphatic rings. The fourth-order valence-corrected chi connectivity index (χ4v) is 3.35. The number of carboxylic acids is 1. The molecule has 0 bridgehead atoms. The Morgan fingerprint density at radius 3 is 2.29 bits per heavy atom. The summed E-state index contributed by atoms with van der Waals surface area (Å²) in [6, 6.07) is 11.1. The number of aromatic carboxylic acids is 1. The van der Waals surface area contributed by atoms with E-state index in [0.717, 1.165) is 0 Å². The van der Waals surface area contributed by atoms with Gasteiger partial charge >= 0.3 is 5.97 Å². The van der Waals surface area contributed by atoms with Crippen molar-refractivity contribution in [2.45, 2.75) is 18.7 Å². The Kier molecular flexibility index (Phi) is 3.99. The molecule has 6 heteroatoms. The largest absolute Gasteiger partial charge is 0.478 e. The molecule has 0 heterocycles. The van der Waals surface area contributed by atoms with Crippen molar-refractivity contribution < 1.29 is 18.3 Å². The summed E-state index contributed by atoms with van der Waals surface area (Å²) < 4.78 is 27.3. The van der Waals surface area contributed by atoms with Crippen LogP contribution in [-0.2, 0) is 10.0 Å². The number of anilines is 1. The molecule has 0 aromatic heterocycles. The van der Waals surface area contributed by atoms with E-state index in [0.29, 0.717) is 16.8 Å². The first-order valence-corrected chi connectivity index (χ1v) is 7.72. The molecule has 2 rings (SSSR count). The number of carbonyl (C=O) groups is 1. The Morgan fingerprint density at radius 1 is 1.10 bits per heavy atom. The van der Waals surface area contributed by atoms with Gasteiger partial charge in [0.15, 0.2) is 0 Å². The number of sulfonamides is 1. The Bertz CT molecular complexity index is 783. The van der Waals surface area contributed by atoms with Crippen LogP contribution in [0.2, 0.25) is 0 Å². The van der Waals surface area contributed by atoms with Crippen molar-refractivity contribution in [3.63, 3.8) is 0 Å². The molecule has 2 aromatic rings. The van der Waals surface area contributed by atoms with E-state index < -0.39 is 16.0 Å². The Balaban J connectivity index is 2.52. The molecule has 0 aliphatic heterocycles. The second-order valence-electron chi connectivity index (χ2n) is 4.69. The molecule has 0 fully saturated rings. The number of benzene rings is 2. The maximum absolute atomic E-state index is 12.4. The van der Waals surface area contributed by atoms with Crippen LogP contribution in [0.1, 0.15) is 21.5 Å². The molecule has 0 saturated heterocycles. The molecule has 0 aliphatic carbocycles. The topological polar surface area (TPSA) is 83.5 Å². The lowest BCUT2D eigenvalue weighted by Gasteiger charge is -2.13. The minimum absolute atomic E-state index is 0.0243. The van der Waals surface area contributed by atoms with Crippen LogP contribution < -0.4 is 4.72 Å². The van der Waals surface area contributed by atoms with Crippen molar-refractivity contribution >= 4 is 21.7 Å². The van der Waals surface area contributed by atoms with E-state index >= 15 is 0 Å². The third-order valence-corrected chi connectivity index (χ3v) is 4.69. The van der Waals surface area contributed by atoms with Crippen LogP contribution in [-0.4, -0.2) is 19.5 Å². The van der Waals surface area contributed by atoms with Crippen molar-refractivity contribution in [1.82, 2.24) is 0 Å². The Labute approximate surface area is 123 Å². The zero-order valence-corrected chi connectivity index (χ0v) is 12.4. The molecule has 0 radical (unpaired) electrons. The average molecular weight is 305 g/mol. The van der Waals surface area contributed by atoms with Gasteiger partial charge in [-0.3, -0.25) is 4.72 Å². The first-order chi connectivity index (χ1) is 9.81. The minimum Gasteiger partial charge on any atom is -0.478 e. The summed E-state index contributed by atoms with van der Waals surface area (Å²) in [6.07, 6.45) is 0. The van der Waals surface area contributed by atoms with E-state index in [1.807, 2.05) is 0 Å². The lowest BCUT2D eigenvalue weighted by atomic mass is 10.1. The van der Waals surface area contributed by atoms with E-state index in [-0.39, 0.29) is 10.5 Å². The van der Waals surface area contributed by atoms with Crippen molar-refractivity contribution in [3.05, 3.63) is 59.2 Å². The molecular formula is C15H15NO4S. The Hall–Kier alpha value is -2.34. The molecule has 0 saturated carbocycles. The average Bonchev–Trinajstić information content (AvgIpc) is 2.41. The smallest absolute Gasteiger partial charge is 0.335 e. The van der Waals surface area contributed by atoms with Crippen LogP contribution in [0.4, 0.5) is 5.69 Å². The van der Waals surface area contributed by atoms with E-state index in [9.17, 15) is 13.2 Å². The van der Waals surface area contributed by atoms with E-state index in [1.54, 1.807) is 44.2 Å². The standard InChI is InChI=1S/C15H15NO4S/c1-10-8-12(15(17)18)9-14(11(10)2)21(19,20)16-13-6-4-3-5-7-13/h3-9,16H,1-2H3,(H,17,18). The van der Waals surface area contributed by atoms with E-state index in [1.165, 1.54) is 12.1 Å². The van der Waals surface area contributed by atoms with Gasteiger partial charge in [-0.05, 0) is 49.2 Å². The van der Waals surface area contributed by atoms with Gasteiger partial charge in [-0.25, -0.2) is 13.2 Å². The molecule has 5 nitrogen and oxygen atoms in total. The molecule has 2 N–H and O–H groups in total. The van der Waals surface area contributed by atoms with Crippen LogP contribution in [0.5, 0.6) is 0 Å². The Morgan fingerprint density at radius 2 is 1.71 bits per heavy atom. The molecular weight excluding hydrogens is 290 g/mol.